The van der Waals surface area contributed by atoms with Gasteiger partial charge < -0.3 is 9.47 Å². The number of ether oxygens (including phenoxy) is 2. The van der Waals surface area contributed by atoms with Crippen LogP contribution in [0.5, 0.6) is 23.3 Å². The average molecular weight is 511 g/mol. The SMILES string of the molecule is CCCc1c(Oc2ccccc2)nnc(-c2nnc(Oc3ccccc3)c(CCC)c2CCC)c1CCC. The maximum Gasteiger partial charge on any atom is 0.242 e. The molecule has 0 unspecified atom stereocenters. The number of benzene rings is 2. The van der Waals surface area contributed by atoms with Crippen molar-refractivity contribution in [3.05, 3.63) is 82.9 Å². The van der Waals surface area contributed by atoms with Crippen molar-refractivity contribution in [1.29, 1.82) is 0 Å². The fraction of sp³-hybridized carbons (Fsp3) is 0.375. The van der Waals surface area contributed by atoms with Crippen molar-refractivity contribution in [3.63, 3.8) is 0 Å². The Kier molecular flexibility index (Phi) is 9.79. The van der Waals surface area contributed by atoms with Crippen LogP contribution in [0, 0.1) is 0 Å². The van der Waals surface area contributed by atoms with Crippen LogP contribution in [0.4, 0.5) is 0 Å². The summed E-state index contributed by atoms with van der Waals surface area (Å²) >= 11 is 0. The first-order valence-electron chi connectivity index (χ1n) is 13.9. The van der Waals surface area contributed by atoms with E-state index < -0.39 is 0 Å². The Bertz CT molecular complexity index is 1210. The molecule has 0 saturated carbocycles. The number of nitrogens with zero attached hydrogens (tertiary/aromatic N) is 4. The molecule has 0 atom stereocenters. The second-order valence-corrected chi connectivity index (χ2v) is 9.45. The van der Waals surface area contributed by atoms with Crippen molar-refractivity contribution in [2.45, 2.75) is 79.1 Å². The zero-order valence-electron chi connectivity index (χ0n) is 23.0. The highest BCUT2D eigenvalue weighted by Crippen LogP contribution is 2.37. The van der Waals surface area contributed by atoms with Crippen LogP contribution in [0.1, 0.15) is 75.6 Å². The maximum absolute atomic E-state index is 6.24. The smallest absolute Gasteiger partial charge is 0.242 e. The van der Waals surface area contributed by atoms with E-state index in [2.05, 4.69) is 37.9 Å². The summed E-state index contributed by atoms with van der Waals surface area (Å²) in [7, 11) is 0. The molecule has 38 heavy (non-hydrogen) atoms. The largest absolute Gasteiger partial charge is 0.437 e. The van der Waals surface area contributed by atoms with Crippen LogP contribution in [0.15, 0.2) is 60.7 Å². The topological polar surface area (TPSA) is 70.0 Å². The summed E-state index contributed by atoms with van der Waals surface area (Å²) in [4.78, 5) is 0. The predicted molar refractivity (Wildman–Crippen MR) is 152 cm³/mol. The van der Waals surface area contributed by atoms with Crippen molar-refractivity contribution >= 4 is 0 Å². The van der Waals surface area contributed by atoms with Crippen molar-refractivity contribution < 1.29 is 9.47 Å². The van der Waals surface area contributed by atoms with Crippen molar-refractivity contribution in [2.75, 3.05) is 0 Å². The first-order chi connectivity index (χ1) is 18.7. The minimum atomic E-state index is 0.577. The van der Waals surface area contributed by atoms with Gasteiger partial charge in [0.25, 0.3) is 0 Å². The number of hydrogen-bond donors (Lipinski definition) is 0. The normalized spacial score (nSPS) is 10.9. The van der Waals surface area contributed by atoms with E-state index in [-0.39, 0.29) is 0 Å². The molecule has 6 nitrogen and oxygen atoms in total. The van der Waals surface area contributed by atoms with Crippen molar-refractivity contribution in [3.8, 4) is 34.6 Å². The highest BCUT2D eigenvalue weighted by molar-refractivity contribution is 5.67. The molecule has 0 bridgehead atoms. The molecule has 4 aromatic rings. The van der Waals surface area contributed by atoms with Crippen LogP contribution < -0.4 is 9.47 Å². The molecule has 0 aliphatic heterocycles. The molecule has 0 saturated heterocycles. The van der Waals surface area contributed by atoms with E-state index in [4.69, 9.17) is 19.7 Å². The number of hydrogen-bond acceptors (Lipinski definition) is 6. The van der Waals surface area contributed by atoms with Gasteiger partial charge in [-0.2, -0.15) is 0 Å². The molecule has 198 valence electrons. The predicted octanol–water partition coefficient (Wildman–Crippen LogP) is 8.33. The molecular weight excluding hydrogens is 472 g/mol. The van der Waals surface area contributed by atoms with Crippen LogP contribution in [-0.4, -0.2) is 20.4 Å². The fourth-order valence-electron chi connectivity index (χ4n) is 4.78. The molecule has 2 heterocycles. The summed E-state index contributed by atoms with van der Waals surface area (Å²) in [5.41, 5.74) is 6.15. The molecule has 0 amide bonds. The first-order valence-corrected chi connectivity index (χ1v) is 13.9. The van der Waals surface area contributed by atoms with E-state index in [0.29, 0.717) is 11.8 Å². The van der Waals surface area contributed by atoms with E-state index in [1.165, 1.54) is 0 Å². The van der Waals surface area contributed by atoms with Crippen LogP contribution >= 0.6 is 0 Å². The monoisotopic (exact) mass is 510 g/mol. The van der Waals surface area contributed by atoms with Gasteiger partial charge >= 0.3 is 0 Å². The summed E-state index contributed by atoms with van der Waals surface area (Å²) in [5, 5.41) is 18.7. The second kappa shape index (κ2) is 13.7. The van der Waals surface area contributed by atoms with Crippen molar-refractivity contribution in [2.24, 2.45) is 0 Å². The lowest BCUT2D eigenvalue weighted by molar-refractivity contribution is 0.444. The van der Waals surface area contributed by atoms with Gasteiger partial charge in [-0.15, -0.1) is 20.4 Å². The van der Waals surface area contributed by atoms with Crippen LogP contribution in [0.3, 0.4) is 0 Å². The third-order valence-corrected chi connectivity index (χ3v) is 6.44. The van der Waals surface area contributed by atoms with Gasteiger partial charge in [0.1, 0.15) is 22.9 Å². The van der Waals surface area contributed by atoms with E-state index in [1.807, 2.05) is 60.7 Å². The Labute approximate surface area is 226 Å². The maximum atomic E-state index is 6.24. The Morgan fingerprint density at radius 3 is 1.13 bits per heavy atom. The van der Waals surface area contributed by atoms with Gasteiger partial charge in [-0.05, 0) is 61.1 Å². The van der Waals surface area contributed by atoms with E-state index in [9.17, 15) is 0 Å². The lowest BCUT2D eigenvalue weighted by Gasteiger charge is -2.20. The van der Waals surface area contributed by atoms with E-state index in [1.54, 1.807) is 0 Å². The highest BCUT2D eigenvalue weighted by atomic mass is 16.5. The summed E-state index contributed by atoms with van der Waals surface area (Å²) < 4.78 is 12.5. The molecule has 0 N–H and O–H groups in total. The van der Waals surface area contributed by atoms with E-state index >= 15 is 0 Å². The number of rotatable bonds is 13. The molecule has 2 aromatic carbocycles. The zero-order valence-corrected chi connectivity index (χ0v) is 23.0. The van der Waals surface area contributed by atoms with Crippen LogP contribution in [0.2, 0.25) is 0 Å². The molecular formula is C32H38N4O2. The van der Waals surface area contributed by atoms with Gasteiger partial charge in [0, 0.05) is 11.1 Å². The Morgan fingerprint density at radius 1 is 0.447 bits per heavy atom. The third kappa shape index (κ3) is 6.36. The van der Waals surface area contributed by atoms with Gasteiger partial charge in [0.05, 0.1) is 0 Å². The summed E-state index contributed by atoms with van der Waals surface area (Å²) in [6.07, 6.45) is 7.35. The van der Waals surface area contributed by atoms with Gasteiger partial charge in [0.2, 0.25) is 11.8 Å². The summed E-state index contributed by atoms with van der Waals surface area (Å²) in [6, 6.07) is 19.6. The molecule has 0 fully saturated rings. The lowest BCUT2D eigenvalue weighted by atomic mass is 9.93. The third-order valence-electron chi connectivity index (χ3n) is 6.44. The number of para-hydroxylation sites is 2. The van der Waals surface area contributed by atoms with Gasteiger partial charge in [-0.3, -0.25) is 0 Å². The minimum Gasteiger partial charge on any atom is -0.437 e. The first kappa shape index (κ1) is 27.2. The molecule has 6 heteroatoms. The quantitative estimate of drug-likeness (QED) is 0.180. The molecule has 0 spiro atoms. The lowest BCUT2D eigenvalue weighted by Crippen LogP contribution is -2.11. The number of aromatic nitrogens is 4. The fourth-order valence-corrected chi connectivity index (χ4v) is 4.78. The minimum absolute atomic E-state index is 0.577. The van der Waals surface area contributed by atoms with Crippen molar-refractivity contribution in [1.82, 2.24) is 20.4 Å². The average Bonchev–Trinajstić information content (AvgIpc) is 2.94. The van der Waals surface area contributed by atoms with Crippen LogP contribution in [0.25, 0.3) is 11.4 Å². The second-order valence-electron chi connectivity index (χ2n) is 9.45. The molecule has 0 aliphatic rings. The zero-order chi connectivity index (χ0) is 26.7. The van der Waals surface area contributed by atoms with Gasteiger partial charge in [-0.1, -0.05) is 89.8 Å². The Hall–Kier alpha value is -3.80. The van der Waals surface area contributed by atoms with Gasteiger partial charge in [0.15, 0.2) is 0 Å². The van der Waals surface area contributed by atoms with Crippen LogP contribution in [-0.2, 0) is 25.7 Å². The van der Waals surface area contributed by atoms with Gasteiger partial charge in [-0.25, -0.2) is 0 Å². The highest BCUT2D eigenvalue weighted by Gasteiger charge is 2.25. The summed E-state index contributed by atoms with van der Waals surface area (Å²) in [5.74, 6) is 2.67. The Balaban J connectivity index is 1.87. The molecule has 0 radical (unpaired) electrons. The molecule has 0 aliphatic carbocycles. The van der Waals surface area contributed by atoms with E-state index in [0.717, 1.165) is 96.5 Å². The summed E-state index contributed by atoms with van der Waals surface area (Å²) in [6.45, 7) is 8.74. The Morgan fingerprint density at radius 2 is 0.789 bits per heavy atom. The molecule has 2 aromatic heterocycles. The molecule has 4 rings (SSSR count). The standard InChI is InChI=1S/C32H38N4O2/c1-5-15-25-27(17-7-3)31(37-23-19-11-9-12-20-23)35-33-29(25)30-26(16-6-2)28(18-8-4)32(36-34-30)38-24-21-13-10-14-22-24/h9-14,19-22H,5-8,15-18H2,1-4H3.